The van der Waals surface area contributed by atoms with E-state index in [4.69, 9.17) is 4.52 Å². The molecular weight excluding hydrogens is 395 g/mol. The molecule has 1 aromatic carbocycles. The molecule has 114 valence electrons. The van der Waals surface area contributed by atoms with Crippen LogP contribution < -0.4 is 4.72 Å². The Bertz CT molecular complexity index is 907. The fourth-order valence-corrected chi connectivity index (χ4v) is 4.37. The van der Waals surface area contributed by atoms with Gasteiger partial charge in [-0.3, -0.25) is 4.72 Å². The minimum absolute atomic E-state index is 0.0567. The van der Waals surface area contributed by atoms with E-state index < -0.39 is 15.8 Å². The summed E-state index contributed by atoms with van der Waals surface area (Å²) in [5.74, 6) is -0.189. The second-order valence-electron chi connectivity index (χ2n) is 4.23. The highest BCUT2D eigenvalue weighted by Crippen LogP contribution is 2.32. The SMILES string of the molecule is O=S(=O)(Nc1ccc(Br)cc1F)c1ccc(-c2ccno2)s1. The van der Waals surface area contributed by atoms with E-state index in [-0.39, 0.29) is 9.90 Å². The molecule has 0 aliphatic carbocycles. The third kappa shape index (κ3) is 3.06. The summed E-state index contributed by atoms with van der Waals surface area (Å²) >= 11 is 4.12. The van der Waals surface area contributed by atoms with Gasteiger partial charge in [0.15, 0.2) is 5.76 Å². The smallest absolute Gasteiger partial charge is 0.271 e. The largest absolute Gasteiger partial charge is 0.355 e. The van der Waals surface area contributed by atoms with Crippen LogP contribution in [-0.4, -0.2) is 13.6 Å². The molecule has 1 N–H and O–H groups in total. The van der Waals surface area contributed by atoms with Crippen LogP contribution in [0.2, 0.25) is 0 Å². The highest BCUT2D eigenvalue weighted by atomic mass is 79.9. The summed E-state index contributed by atoms with van der Waals surface area (Å²) in [4.78, 5) is 0.620. The summed E-state index contributed by atoms with van der Waals surface area (Å²) in [6, 6.07) is 8.76. The second kappa shape index (κ2) is 5.82. The van der Waals surface area contributed by atoms with Crippen LogP contribution in [0.25, 0.3) is 10.6 Å². The Morgan fingerprint density at radius 1 is 1.23 bits per heavy atom. The number of thiophene rings is 1. The van der Waals surface area contributed by atoms with Gasteiger partial charge in [0.1, 0.15) is 10.0 Å². The molecule has 0 saturated heterocycles. The molecule has 0 atom stereocenters. The Morgan fingerprint density at radius 3 is 2.73 bits per heavy atom. The van der Waals surface area contributed by atoms with E-state index in [1.54, 1.807) is 18.2 Å². The molecule has 9 heteroatoms. The highest BCUT2D eigenvalue weighted by Gasteiger charge is 2.20. The lowest BCUT2D eigenvalue weighted by Gasteiger charge is -2.07. The maximum atomic E-state index is 13.7. The highest BCUT2D eigenvalue weighted by molar-refractivity contribution is 9.10. The number of nitrogens with one attached hydrogen (secondary N) is 1. The molecule has 3 rings (SSSR count). The average Bonchev–Trinajstić information content (AvgIpc) is 3.11. The van der Waals surface area contributed by atoms with E-state index in [2.05, 4.69) is 25.8 Å². The Kier molecular flexibility index (Phi) is 4.02. The molecule has 3 aromatic rings. The third-order valence-corrected chi connectivity index (χ3v) is 6.15. The molecule has 0 aliphatic rings. The van der Waals surface area contributed by atoms with Crippen molar-refractivity contribution >= 4 is 43.0 Å². The molecule has 0 radical (unpaired) electrons. The monoisotopic (exact) mass is 402 g/mol. The first kappa shape index (κ1) is 15.2. The molecule has 2 aromatic heterocycles. The first-order valence-electron chi connectivity index (χ1n) is 5.94. The number of anilines is 1. The summed E-state index contributed by atoms with van der Waals surface area (Å²) in [7, 11) is -3.87. The van der Waals surface area contributed by atoms with Crippen molar-refractivity contribution in [1.82, 2.24) is 5.16 Å². The summed E-state index contributed by atoms with van der Waals surface area (Å²) in [5.41, 5.74) is -0.113. The zero-order chi connectivity index (χ0) is 15.7. The Labute approximate surface area is 137 Å². The lowest BCUT2D eigenvalue weighted by molar-refractivity contribution is 0.433. The maximum absolute atomic E-state index is 13.7. The number of rotatable bonds is 4. The Hall–Kier alpha value is -1.71. The number of hydrogen-bond acceptors (Lipinski definition) is 5. The molecule has 0 unspecified atom stereocenters. The van der Waals surface area contributed by atoms with Gasteiger partial charge in [0.05, 0.1) is 16.8 Å². The number of benzene rings is 1. The van der Waals surface area contributed by atoms with Gasteiger partial charge in [-0.25, -0.2) is 12.8 Å². The van der Waals surface area contributed by atoms with Gasteiger partial charge in [-0.05, 0) is 30.3 Å². The standard InChI is InChI=1S/C13H8BrFN2O3S2/c14-8-1-2-10(9(15)7-8)17-22(18,19)13-4-3-12(21-13)11-5-6-16-20-11/h1-7,17H. The van der Waals surface area contributed by atoms with Crippen LogP contribution >= 0.6 is 27.3 Å². The molecule has 5 nitrogen and oxygen atoms in total. The topological polar surface area (TPSA) is 72.2 Å². The van der Waals surface area contributed by atoms with Crippen molar-refractivity contribution in [3.05, 3.63) is 52.9 Å². The number of sulfonamides is 1. The minimum atomic E-state index is -3.87. The predicted octanol–water partition coefficient (Wildman–Crippen LogP) is 4.11. The number of halogens is 2. The van der Waals surface area contributed by atoms with Gasteiger partial charge < -0.3 is 4.52 Å². The molecular formula is C13H8BrFN2O3S2. The molecule has 0 aliphatic heterocycles. The van der Waals surface area contributed by atoms with Crippen LogP contribution in [0.3, 0.4) is 0 Å². The summed E-state index contributed by atoms with van der Waals surface area (Å²) < 4.78 is 46.1. The van der Waals surface area contributed by atoms with Gasteiger partial charge in [0, 0.05) is 10.5 Å². The third-order valence-electron chi connectivity index (χ3n) is 2.70. The fraction of sp³-hybridized carbons (Fsp3) is 0. The molecule has 0 spiro atoms. The van der Waals surface area contributed by atoms with E-state index in [1.807, 2.05) is 0 Å². The number of aromatic nitrogens is 1. The van der Waals surface area contributed by atoms with Crippen LogP contribution in [0, 0.1) is 5.82 Å². The molecule has 0 amide bonds. The van der Waals surface area contributed by atoms with E-state index in [1.165, 1.54) is 24.4 Å². The zero-order valence-electron chi connectivity index (χ0n) is 10.8. The van der Waals surface area contributed by atoms with Gasteiger partial charge in [0.25, 0.3) is 10.0 Å². The minimum Gasteiger partial charge on any atom is -0.355 e. The van der Waals surface area contributed by atoms with Crippen LogP contribution in [0.1, 0.15) is 0 Å². The van der Waals surface area contributed by atoms with Crippen molar-refractivity contribution in [2.45, 2.75) is 4.21 Å². The lowest BCUT2D eigenvalue weighted by atomic mass is 10.3. The number of nitrogens with zero attached hydrogens (tertiary/aromatic N) is 1. The number of hydrogen-bond donors (Lipinski definition) is 1. The summed E-state index contributed by atoms with van der Waals surface area (Å²) in [6.45, 7) is 0. The van der Waals surface area contributed by atoms with Crippen LogP contribution in [-0.2, 0) is 10.0 Å². The molecule has 22 heavy (non-hydrogen) atoms. The van der Waals surface area contributed by atoms with Gasteiger partial charge in [-0.2, -0.15) is 0 Å². The van der Waals surface area contributed by atoms with Crippen molar-refractivity contribution in [2.24, 2.45) is 0 Å². The van der Waals surface area contributed by atoms with Crippen molar-refractivity contribution in [1.29, 1.82) is 0 Å². The van der Waals surface area contributed by atoms with Gasteiger partial charge in [-0.1, -0.05) is 21.1 Å². The van der Waals surface area contributed by atoms with Crippen LogP contribution in [0.4, 0.5) is 10.1 Å². The van der Waals surface area contributed by atoms with Gasteiger partial charge in [-0.15, -0.1) is 11.3 Å². The Morgan fingerprint density at radius 2 is 2.05 bits per heavy atom. The summed E-state index contributed by atoms with van der Waals surface area (Å²) in [6.07, 6.45) is 1.47. The van der Waals surface area contributed by atoms with E-state index in [0.29, 0.717) is 15.1 Å². The normalized spacial score (nSPS) is 11.5. The van der Waals surface area contributed by atoms with E-state index in [9.17, 15) is 12.8 Å². The second-order valence-corrected chi connectivity index (χ2v) is 8.13. The van der Waals surface area contributed by atoms with Gasteiger partial charge in [0.2, 0.25) is 0 Å². The first-order chi connectivity index (χ1) is 10.5. The van der Waals surface area contributed by atoms with Crippen molar-refractivity contribution in [3.8, 4) is 10.6 Å². The predicted molar refractivity (Wildman–Crippen MR) is 84.7 cm³/mol. The molecule has 0 fully saturated rings. The average molecular weight is 403 g/mol. The quantitative estimate of drug-likeness (QED) is 0.712. The first-order valence-corrected chi connectivity index (χ1v) is 9.04. The zero-order valence-corrected chi connectivity index (χ0v) is 14.0. The fourth-order valence-electron chi connectivity index (χ4n) is 1.71. The molecule has 2 heterocycles. The van der Waals surface area contributed by atoms with Crippen LogP contribution in [0.15, 0.2) is 55.8 Å². The van der Waals surface area contributed by atoms with Crippen molar-refractivity contribution in [3.63, 3.8) is 0 Å². The molecule has 0 bridgehead atoms. The van der Waals surface area contributed by atoms with Crippen molar-refractivity contribution < 1.29 is 17.3 Å². The Balaban J connectivity index is 1.90. The maximum Gasteiger partial charge on any atom is 0.271 e. The molecule has 0 saturated carbocycles. The van der Waals surface area contributed by atoms with Crippen molar-refractivity contribution in [2.75, 3.05) is 4.72 Å². The van der Waals surface area contributed by atoms with E-state index >= 15 is 0 Å². The van der Waals surface area contributed by atoms with Crippen LogP contribution in [0.5, 0.6) is 0 Å². The lowest BCUT2D eigenvalue weighted by Crippen LogP contribution is -2.12. The van der Waals surface area contributed by atoms with E-state index in [0.717, 1.165) is 11.3 Å². The summed E-state index contributed by atoms with van der Waals surface area (Å²) in [5, 5.41) is 3.57. The van der Waals surface area contributed by atoms with Gasteiger partial charge >= 0.3 is 0 Å².